The fraction of sp³-hybridized carbons (Fsp3) is 0.350. The molecule has 0 amide bonds. The minimum atomic E-state index is 0.812. The zero-order valence-electron chi connectivity index (χ0n) is 15.3. The highest BCUT2D eigenvalue weighted by Crippen LogP contribution is 2.16. The van der Waals surface area contributed by atoms with Crippen LogP contribution in [0.1, 0.15) is 22.4 Å². The second-order valence-corrected chi connectivity index (χ2v) is 7.19. The third kappa shape index (κ3) is 4.79. The predicted molar refractivity (Wildman–Crippen MR) is 110 cm³/mol. The molecular formula is C20H25N5S. The van der Waals surface area contributed by atoms with E-state index in [1.165, 1.54) is 20.8 Å². The third-order valence-electron chi connectivity index (χ3n) is 4.21. The SMILES string of the molecule is CCc1cnc(CCNC(=NC)NCCc2cccc3cccnc23)s1. The van der Waals surface area contributed by atoms with Gasteiger partial charge in [-0.1, -0.05) is 31.2 Å². The highest BCUT2D eigenvalue weighted by Gasteiger charge is 2.04. The van der Waals surface area contributed by atoms with Crippen molar-refractivity contribution < 1.29 is 0 Å². The molecule has 1 aromatic carbocycles. The van der Waals surface area contributed by atoms with Crippen LogP contribution in [0, 0.1) is 0 Å². The summed E-state index contributed by atoms with van der Waals surface area (Å²) >= 11 is 1.79. The van der Waals surface area contributed by atoms with Crippen LogP contribution < -0.4 is 10.6 Å². The molecule has 0 spiro atoms. The number of fused-ring (bicyclic) bond motifs is 1. The number of thiazole rings is 1. The molecule has 2 aromatic heterocycles. The van der Waals surface area contributed by atoms with Crippen LogP contribution in [0.2, 0.25) is 0 Å². The van der Waals surface area contributed by atoms with Crippen molar-refractivity contribution in [3.8, 4) is 0 Å². The van der Waals surface area contributed by atoms with Crippen molar-refractivity contribution in [3.63, 3.8) is 0 Å². The summed E-state index contributed by atoms with van der Waals surface area (Å²) in [6.45, 7) is 3.80. The van der Waals surface area contributed by atoms with Gasteiger partial charge in [0.2, 0.25) is 0 Å². The Bertz CT molecular complexity index is 866. The van der Waals surface area contributed by atoms with E-state index in [0.717, 1.165) is 43.8 Å². The lowest BCUT2D eigenvalue weighted by atomic mass is 10.1. The summed E-state index contributed by atoms with van der Waals surface area (Å²) in [6, 6.07) is 10.4. The van der Waals surface area contributed by atoms with Gasteiger partial charge in [0.1, 0.15) is 0 Å². The minimum absolute atomic E-state index is 0.812. The van der Waals surface area contributed by atoms with Gasteiger partial charge < -0.3 is 10.6 Å². The van der Waals surface area contributed by atoms with Crippen LogP contribution in [-0.4, -0.2) is 36.1 Å². The van der Waals surface area contributed by atoms with Crippen molar-refractivity contribution in [1.82, 2.24) is 20.6 Å². The number of benzene rings is 1. The quantitative estimate of drug-likeness (QED) is 0.497. The molecule has 26 heavy (non-hydrogen) atoms. The first-order chi connectivity index (χ1) is 12.8. The molecule has 3 rings (SSSR count). The molecule has 0 radical (unpaired) electrons. The molecule has 0 aliphatic rings. The Kier molecular flexibility index (Phi) is 6.55. The molecule has 3 aromatic rings. The first-order valence-corrected chi connectivity index (χ1v) is 9.82. The van der Waals surface area contributed by atoms with E-state index in [1.807, 2.05) is 18.5 Å². The monoisotopic (exact) mass is 367 g/mol. The van der Waals surface area contributed by atoms with Gasteiger partial charge >= 0.3 is 0 Å². The smallest absolute Gasteiger partial charge is 0.191 e. The molecule has 136 valence electrons. The maximum atomic E-state index is 4.51. The van der Waals surface area contributed by atoms with Gasteiger partial charge in [-0.3, -0.25) is 9.98 Å². The van der Waals surface area contributed by atoms with Crippen LogP contribution in [0.25, 0.3) is 10.9 Å². The summed E-state index contributed by atoms with van der Waals surface area (Å²) in [6.07, 6.45) is 6.70. The van der Waals surface area contributed by atoms with E-state index >= 15 is 0 Å². The number of aromatic nitrogens is 2. The first kappa shape index (κ1) is 18.3. The molecule has 0 saturated heterocycles. The number of guanidine groups is 1. The van der Waals surface area contributed by atoms with Gasteiger partial charge in [-0.25, -0.2) is 4.98 Å². The Morgan fingerprint density at radius 1 is 1.08 bits per heavy atom. The average molecular weight is 368 g/mol. The minimum Gasteiger partial charge on any atom is -0.356 e. The Labute approximate surface area is 158 Å². The van der Waals surface area contributed by atoms with E-state index in [9.17, 15) is 0 Å². The molecule has 2 N–H and O–H groups in total. The van der Waals surface area contributed by atoms with Crippen LogP contribution >= 0.6 is 11.3 Å². The average Bonchev–Trinajstić information content (AvgIpc) is 3.15. The van der Waals surface area contributed by atoms with Crippen LogP contribution in [0.5, 0.6) is 0 Å². The Morgan fingerprint density at radius 3 is 2.65 bits per heavy atom. The Hall–Kier alpha value is -2.47. The maximum absolute atomic E-state index is 4.51. The fourth-order valence-corrected chi connectivity index (χ4v) is 3.68. The van der Waals surface area contributed by atoms with Crippen LogP contribution in [0.15, 0.2) is 47.7 Å². The van der Waals surface area contributed by atoms with Gasteiger partial charge in [-0.15, -0.1) is 11.3 Å². The summed E-state index contributed by atoms with van der Waals surface area (Å²) in [5.41, 5.74) is 2.33. The van der Waals surface area contributed by atoms with Crippen molar-refractivity contribution in [2.75, 3.05) is 20.1 Å². The number of aryl methyl sites for hydroxylation is 1. The number of pyridine rings is 1. The second-order valence-electron chi connectivity index (χ2n) is 5.99. The number of para-hydroxylation sites is 1. The van der Waals surface area contributed by atoms with Gasteiger partial charge in [-0.2, -0.15) is 0 Å². The van der Waals surface area contributed by atoms with E-state index in [4.69, 9.17) is 0 Å². The molecule has 0 fully saturated rings. The third-order valence-corrected chi connectivity index (χ3v) is 5.41. The van der Waals surface area contributed by atoms with Gasteiger partial charge in [0.05, 0.1) is 10.5 Å². The highest BCUT2D eigenvalue weighted by molar-refractivity contribution is 7.11. The molecule has 0 saturated carbocycles. The zero-order chi connectivity index (χ0) is 18.2. The topological polar surface area (TPSA) is 62.2 Å². The summed E-state index contributed by atoms with van der Waals surface area (Å²) in [7, 11) is 1.80. The summed E-state index contributed by atoms with van der Waals surface area (Å²) in [4.78, 5) is 14.6. The van der Waals surface area contributed by atoms with Gasteiger partial charge in [-0.05, 0) is 24.5 Å². The molecule has 0 atom stereocenters. The van der Waals surface area contributed by atoms with Crippen molar-refractivity contribution in [2.24, 2.45) is 4.99 Å². The van der Waals surface area contributed by atoms with Gasteiger partial charge in [0.15, 0.2) is 5.96 Å². The van der Waals surface area contributed by atoms with Crippen molar-refractivity contribution >= 4 is 28.2 Å². The zero-order valence-corrected chi connectivity index (χ0v) is 16.1. The maximum Gasteiger partial charge on any atom is 0.191 e. The number of hydrogen-bond donors (Lipinski definition) is 2. The van der Waals surface area contributed by atoms with E-state index in [1.54, 1.807) is 18.4 Å². The van der Waals surface area contributed by atoms with Gasteiger partial charge in [0, 0.05) is 49.2 Å². The van der Waals surface area contributed by atoms with Gasteiger partial charge in [0.25, 0.3) is 0 Å². The molecule has 2 heterocycles. The lowest BCUT2D eigenvalue weighted by Gasteiger charge is -2.12. The number of aliphatic imine (C=N–C) groups is 1. The fourth-order valence-electron chi connectivity index (χ4n) is 2.82. The lowest BCUT2D eigenvalue weighted by Crippen LogP contribution is -2.39. The molecule has 5 nitrogen and oxygen atoms in total. The number of nitrogens with one attached hydrogen (secondary N) is 2. The van der Waals surface area contributed by atoms with Crippen LogP contribution in [0.4, 0.5) is 0 Å². The molecule has 0 unspecified atom stereocenters. The molecule has 6 heteroatoms. The summed E-state index contributed by atoms with van der Waals surface area (Å²) in [5.74, 6) is 0.825. The first-order valence-electron chi connectivity index (χ1n) is 9.01. The molecule has 0 bridgehead atoms. The standard InChI is InChI=1S/C20H25N5S/c1-3-17-14-25-18(26-17)10-13-24-20(21-2)23-12-9-16-7-4-6-15-8-5-11-22-19(15)16/h4-8,11,14H,3,9-10,12-13H2,1-2H3,(H2,21,23,24). The molecule has 0 aliphatic heterocycles. The number of hydrogen-bond acceptors (Lipinski definition) is 4. The van der Waals surface area contributed by atoms with Crippen LogP contribution in [-0.2, 0) is 19.3 Å². The highest BCUT2D eigenvalue weighted by atomic mass is 32.1. The Balaban J connectivity index is 1.46. The van der Waals surface area contributed by atoms with E-state index in [0.29, 0.717) is 0 Å². The predicted octanol–water partition coefficient (Wildman–Crippen LogP) is 3.20. The summed E-state index contributed by atoms with van der Waals surface area (Å²) in [5, 5.41) is 9.09. The summed E-state index contributed by atoms with van der Waals surface area (Å²) < 4.78 is 0. The van der Waals surface area contributed by atoms with Crippen molar-refractivity contribution in [3.05, 3.63) is 58.2 Å². The van der Waals surface area contributed by atoms with E-state index in [-0.39, 0.29) is 0 Å². The normalized spacial score (nSPS) is 11.7. The molecular weight excluding hydrogens is 342 g/mol. The van der Waals surface area contributed by atoms with Crippen LogP contribution in [0.3, 0.4) is 0 Å². The number of rotatable bonds is 7. The van der Waals surface area contributed by atoms with E-state index in [2.05, 4.69) is 56.8 Å². The van der Waals surface area contributed by atoms with Crippen molar-refractivity contribution in [1.29, 1.82) is 0 Å². The molecule has 0 aliphatic carbocycles. The lowest BCUT2D eigenvalue weighted by molar-refractivity contribution is 0.783. The van der Waals surface area contributed by atoms with Crippen molar-refractivity contribution in [2.45, 2.75) is 26.2 Å². The largest absolute Gasteiger partial charge is 0.356 e. The Morgan fingerprint density at radius 2 is 1.88 bits per heavy atom. The second kappa shape index (κ2) is 9.29. The number of nitrogens with zero attached hydrogens (tertiary/aromatic N) is 3. The van der Waals surface area contributed by atoms with E-state index < -0.39 is 0 Å².